The van der Waals surface area contributed by atoms with E-state index < -0.39 is 6.10 Å². The zero-order valence-corrected chi connectivity index (χ0v) is 9.25. The van der Waals surface area contributed by atoms with Crippen LogP contribution in [-0.2, 0) is 0 Å². The van der Waals surface area contributed by atoms with E-state index in [4.69, 9.17) is 21.4 Å². The summed E-state index contributed by atoms with van der Waals surface area (Å²) in [5, 5.41) is 9.81. The predicted molar refractivity (Wildman–Crippen MR) is 56.0 cm³/mol. The third-order valence-electron chi connectivity index (χ3n) is 1.41. The molecule has 1 rings (SSSR count). The van der Waals surface area contributed by atoms with Crippen LogP contribution in [-0.4, -0.2) is 39.9 Å². The fourth-order valence-electron chi connectivity index (χ4n) is 0.721. The van der Waals surface area contributed by atoms with Gasteiger partial charge >= 0.3 is 0 Å². The predicted octanol–water partition coefficient (Wildman–Crippen LogP) is 1.18. The van der Waals surface area contributed by atoms with E-state index in [0.717, 1.165) is 0 Å². The second-order valence-corrected chi connectivity index (χ2v) is 3.61. The largest absolute Gasteiger partial charge is 0.488 e. The maximum Gasteiger partial charge on any atom is 0.187 e. The topological polar surface area (TPSA) is 55.2 Å². The van der Waals surface area contributed by atoms with Gasteiger partial charge in [-0.25, -0.2) is 9.97 Å². The summed E-state index contributed by atoms with van der Waals surface area (Å²) in [4.78, 5) is 8.03. The number of thioether (sulfide) groups is 1. The lowest BCUT2D eigenvalue weighted by molar-refractivity contribution is 0.124. The van der Waals surface area contributed by atoms with Crippen molar-refractivity contribution in [1.82, 2.24) is 9.97 Å². The summed E-state index contributed by atoms with van der Waals surface area (Å²) >= 11 is 6.86. The van der Waals surface area contributed by atoms with Crippen LogP contribution in [0, 0.1) is 0 Å². The van der Waals surface area contributed by atoms with E-state index in [9.17, 15) is 0 Å². The van der Waals surface area contributed by atoms with Crippen molar-refractivity contribution in [1.29, 1.82) is 0 Å². The van der Waals surface area contributed by atoms with Gasteiger partial charge in [-0.3, -0.25) is 0 Å². The Morgan fingerprint density at radius 2 is 2.21 bits per heavy atom. The van der Waals surface area contributed by atoms with Gasteiger partial charge in [0.15, 0.2) is 10.9 Å². The molecule has 0 spiro atoms. The summed E-state index contributed by atoms with van der Waals surface area (Å²) in [6.45, 7) is 0.158. The number of hydrogen-bond donors (Lipinski definition) is 1. The average Bonchev–Trinajstić information content (AvgIpc) is 2.26. The number of rotatable bonds is 5. The van der Waals surface area contributed by atoms with Gasteiger partial charge in [0.1, 0.15) is 12.7 Å². The molecule has 0 aromatic carbocycles. The summed E-state index contributed by atoms with van der Waals surface area (Å²) in [6, 6.07) is 0. The fraction of sp³-hybridized carbons (Fsp3) is 0.500. The highest BCUT2D eigenvalue weighted by atomic mass is 35.5. The van der Waals surface area contributed by atoms with Crippen LogP contribution in [0.25, 0.3) is 0 Å². The van der Waals surface area contributed by atoms with Crippen molar-refractivity contribution in [3.63, 3.8) is 0 Å². The minimum atomic E-state index is -0.656. The first-order valence-corrected chi connectivity index (χ1v) is 5.75. The maximum atomic E-state index is 9.12. The van der Waals surface area contributed by atoms with Gasteiger partial charge in [-0.1, -0.05) is 11.8 Å². The van der Waals surface area contributed by atoms with Crippen LogP contribution >= 0.6 is 23.4 Å². The monoisotopic (exact) mass is 234 g/mol. The maximum absolute atomic E-state index is 9.12. The third kappa shape index (κ3) is 3.69. The van der Waals surface area contributed by atoms with Crippen molar-refractivity contribution in [2.45, 2.75) is 11.3 Å². The number of aliphatic hydroxyl groups excluding tert-OH is 1. The average molecular weight is 235 g/mol. The molecular formula is C8H11ClN2O2S. The Hall–Kier alpha value is -0.520. The van der Waals surface area contributed by atoms with E-state index in [2.05, 4.69) is 9.97 Å². The molecule has 1 aromatic heterocycles. The molecule has 0 radical (unpaired) electrons. The standard InChI is InChI=1S/C8H11ClN2O2S/c1-14-8-10-3-7(4-11-8)13-5-6(12)2-9/h3-4,6,12H,2,5H2,1H3. The first-order valence-electron chi connectivity index (χ1n) is 3.99. The number of hydrogen-bond acceptors (Lipinski definition) is 5. The fourth-order valence-corrected chi connectivity index (χ4v) is 1.13. The summed E-state index contributed by atoms with van der Waals surface area (Å²) in [5.41, 5.74) is 0. The smallest absolute Gasteiger partial charge is 0.187 e. The van der Waals surface area contributed by atoms with Crippen LogP contribution < -0.4 is 4.74 Å². The molecule has 1 aromatic rings. The molecule has 0 saturated heterocycles. The van der Waals surface area contributed by atoms with Crippen molar-refractivity contribution in [2.75, 3.05) is 18.7 Å². The second-order valence-electron chi connectivity index (χ2n) is 2.52. The number of aliphatic hydroxyl groups is 1. The van der Waals surface area contributed by atoms with E-state index in [-0.39, 0.29) is 12.5 Å². The summed E-state index contributed by atoms with van der Waals surface area (Å²) in [6.07, 6.45) is 4.38. The van der Waals surface area contributed by atoms with Gasteiger partial charge in [0.2, 0.25) is 0 Å². The molecule has 14 heavy (non-hydrogen) atoms. The molecule has 0 amide bonds. The van der Waals surface area contributed by atoms with Crippen LogP contribution in [0.4, 0.5) is 0 Å². The van der Waals surface area contributed by atoms with E-state index in [0.29, 0.717) is 10.9 Å². The number of alkyl halides is 1. The van der Waals surface area contributed by atoms with Crippen molar-refractivity contribution >= 4 is 23.4 Å². The molecule has 0 bridgehead atoms. The highest BCUT2D eigenvalue weighted by Crippen LogP contribution is 2.12. The van der Waals surface area contributed by atoms with E-state index in [1.807, 2.05) is 6.26 Å². The Kier molecular flexibility index (Phi) is 5.00. The Morgan fingerprint density at radius 1 is 1.57 bits per heavy atom. The Morgan fingerprint density at radius 3 is 2.71 bits per heavy atom. The van der Waals surface area contributed by atoms with Crippen LogP contribution in [0.3, 0.4) is 0 Å². The summed E-state index contributed by atoms with van der Waals surface area (Å²) in [5.74, 6) is 0.691. The first-order chi connectivity index (χ1) is 6.76. The molecule has 1 atom stereocenters. The number of ether oxygens (including phenoxy) is 1. The summed E-state index contributed by atoms with van der Waals surface area (Å²) in [7, 11) is 0. The molecular weight excluding hydrogens is 224 g/mol. The number of nitrogens with zero attached hydrogens (tertiary/aromatic N) is 2. The van der Waals surface area contributed by atoms with Gasteiger partial charge < -0.3 is 9.84 Å². The van der Waals surface area contributed by atoms with Gasteiger partial charge in [0, 0.05) is 0 Å². The van der Waals surface area contributed by atoms with Crippen molar-refractivity contribution in [3.05, 3.63) is 12.4 Å². The third-order valence-corrected chi connectivity index (χ3v) is 2.34. The molecule has 6 heteroatoms. The van der Waals surface area contributed by atoms with Crippen LogP contribution in [0.15, 0.2) is 17.6 Å². The lowest BCUT2D eigenvalue weighted by Gasteiger charge is -2.08. The molecule has 78 valence electrons. The van der Waals surface area contributed by atoms with E-state index in [1.165, 1.54) is 11.8 Å². The Balaban J connectivity index is 2.43. The molecule has 1 unspecified atom stereocenters. The number of aromatic nitrogens is 2. The Labute approximate surface area is 91.7 Å². The quantitative estimate of drug-likeness (QED) is 0.471. The van der Waals surface area contributed by atoms with Crippen molar-refractivity contribution < 1.29 is 9.84 Å². The molecule has 0 saturated carbocycles. The SMILES string of the molecule is CSc1ncc(OCC(O)CCl)cn1. The van der Waals surface area contributed by atoms with Gasteiger partial charge in [-0.05, 0) is 6.26 Å². The van der Waals surface area contributed by atoms with Crippen LogP contribution in [0.2, 0.25) is 0 Å². The Bertz CT molecular complexity index is 271. The normalized spacial score (nSPS) is 12.5. The van der Waals surface area contributed by atoms with Gasteiger partial charge in [-0.15, -0.1) is 11.6 Å². The molecule has 4 nitrogen and oxygen atoms in total. The molecule has 0 fully saturated rings. The second kappa shape index (κ2) is 6.06. The van der Waals surface area contributed by atoms with Crippen LogP contribution in [0.5, 0.6) is 5.75 Å². The van der Waals surface area contributed by atoms with Crippen molar-refractivity contribution in [2.24, 2.45) is 0 Å². The van der Waals surface area contributed by atoms with Crippen molar-refractivity contribution in [3.8, 4) is 5.75 Å². The number of halogens is 1. The molecule has 0 aliphatic heterocycles. The lowest BCUT2D eigenvalue weighted by Crippen LogP contribution is -2.18. The van der Waals surface area contributed by atoms with Gasteiger partial charge in [0.25, 0.3) is 0 Å². The zero-order chi connectivity index (χ0) is 10.4. The van der Waals surface area contributed by atoms with Gasteiger partial charge in [-0.2, -0.15) is 0 Å². The van der Waals surface area contributed by atoms with Gasteiger partial charge in [0.05, 0.1) is 18.3 Å². The van der Waals surface area contributed by atoms with Crippen LogP contribution in [0.1, 0.15) is 0 Å². The zero-order valence-electron chi connectivity index (χ0n) is 7.68. The highest BCUT2D eigenvalue weighted by molar-refractivity contribution is 7.98. The highest BCUT2D eigenvalue weighted by Gasteiger charge is 2.03. The van der Waals surface area contributed by atoms with E-state index >= 15 is 0 Å². The molecule has 0 aliphatic carbocycles. The minimum Gasteiger partial charge on any atom is -0.488 e. The molecule has 0 aliphatic rings. The minimum absolute atomic E-state index is 0.157. The summed E-state index contributed by atoms with van der Waals surface area (Å²) < 4.78 is 5.19. The molecule has 1 heterocycles. The first kappa shape index (κ1) is 11.6. The van der Waals surface area contributed by atoms with E-state index in [1.54, 1.807) is 12.4 Å². The molecule has 1 N–H and O–H groups in total. The lowest BCUT2D eigenvalue weighted by atomic mass is 10.4.